The van der Waals surface area contributed by atoms with E-state index in [0.29, 0.717) is 10.3 Å². The van der Waals surface area contributed by atoms with Gasteiger partial charge in [0.2, 0.25) is 0 Å². The van der Waals surface area contributed by atoms with Gasteiger partial charge in [-0.1, -0.05) is 0 Å². The highest BCUT2D eigenvalue weighted by Gasteiger charge is 2.11. The number of carboxylic acid groups (broad SMARTS) is 1. The SMILES string of the molecule is O=C(O)c1nc(CCl)ncc1Br. The third-order valence-corrected chi connectivity index (χ3v) is 1.94. The molecule has 0 atom stereocenters. The highest BCUT2D eigenvalue weighted by molar-refractivity contribution is 9.10. The van der Waals surface area contributed by atoms with Gasteiger partial charge in [0, 0.05) is 6.20 Å². The Bertz CT molecular complexity index is 318. The number of rotatable bonds is 2. The third-order valence-electron chi connectivity index (χ3n) is 1.12. The van der Waals surface area contributed by atoms with Crippen molar-refractivity contribution in [2.75, 3.05) is 0 Å². The van der Waals surface area contributed by atoms with Crippen molar-refractivity contribution in [2.45, 2.75) is 5.88 Å². The summed E-state index contributed by atoms with van der Waals surface area (Å²) in [6, 6.07) is 0. The summed E-state index contributed by atoms with van der Waals surface area (Å²) in [4.78, 5) is 18.0. The van der Waals surface area contributed by atoms with Crippen molar-refractivity contribution in [2.24, 2.45) is 0 Å². The summed E-state index contributed by atoms with van der Waals surface area (Å²) >= 11 is 8.43. The van der Waals surface area contributed by atoms with Crippen LogP contribution in [0.4, 0.5) is 0 Å². The van der Waals surface area contributed by atoms with Crippen LogP contribution in [0, 0.1) is 0 Å². The van der Waals surface area contributed by atoms with E-state index in [-0.39, 0.29) is 11.6 Å². The highest BCUT2D eigenvalue weighted by Crippen LogP contribution is 2.13. The van der Waals surface area contributed by atoms with Gasteiger partial charge in [-0.2, -0.15) is 0 Å². The second kappa shape index (κ2) is 3.82. The summed E-state index contributed by atoms with van der Waals surface area (Å²) < 4.78 is 0.351. The molecule has 0 aliphatic carbocycles. The van der Waals surface area contributed by atoms with Crippen LogP contribution in [0.25, 0.3) is 0 Å². The van der Waals surface area contributed by atoms with Crippen LogP contribution in [0.15, 0.2) is 10.7 Å². The van der Waals surface area contributed by atoms with Crippen LogP contribution in [0.3, 0.4) is 0 Å². The molecule has 0 amide bonds. The lowest BCUT2D eigenvalue weighted by Gasteiger charge is -1.98. The van der Waals surface area contributed by atoms with Crippen LogP contribution in [0.1, 0.15) is 16.3 Å². The average molecular weight is 251 g/mol. The first-order valence-corrected chi connectivity index (χ1v) is 4.28. The number of carboxylic acids is 1. The quantitative estimate of drug-likeness (QED) is 0.812. The molecule has 0 aromatic carbocycles. The van der Waals surface area contributed by atoms with Crippen molar-refractivity contribution >= 4 is 33.5 Å². The number of nitrogens with zero attached hydrogens (tertiary/aromatic N) is 2. The molecule has 0 aliphatic heterocycles. The van der Waals surface area contributed by atoms with Gasteiger partial charge in [0.05, 0.1) is 10.4 Å². The molecule has 1 aromatic rings. The van der Waals surface area contributed by atoms with Gasteiger partial charge in [-0.15, -0.1) is 11.6 Å². The molecule has 1 N–H and O–H groups in total. The van der Waals surface area contributed by atoms with Gasteiger partial charge in [-0.05, 0) is 15.9 Å². The van der Waals surface area contributed by atoms with Crippen LogP contribution in [0.5, 0.6) is 0 Å². The first-order valence-electron chi connectivity index (χ1n) is 2.96. The van der Waals surface area contributed by atoms with E-state index < -0.39 is 5.97 Å². The minimum Gasteiger partial charge on any atom is -0.476 e. The summed E-state index contributed by atoms with van der Waals surface area (Å²) in [6.07, 6.45) is 1.37. The van der Waals surface area contributed by atoms with Crippen LogP contribution in [0.2, 0.25) is 0 Å². The Morgan fingerprint density at radius 2 is 2.42 bits per heavy atom. The molecule has 0 fully saturated rings. The molecule has 1 aromatic heterocycles. The van der Waals surface area contributed by atoms with Crippen molar-refractivity contribution in [3.8, 4) is 0 Å². The van der Waals surface area contributed by atoms with Gasteiger partial charge in [0.25, 0.3) is 0 Å². The van der Waals surface area contributed by atoms with Crippen molar-refractivity contribution in [1.82, 2.24) is 9.97 Å². The smallest absolute Gasteiger partial charge is 0.355 e. The molecule has 0 spiro atoms. The van der Waals surface area contributed by atoms with Gasteiger partial charge in [-0.3, -0.25) is 0 Å². The lowest BCUT2D eigenvalue weighted by molar-refractivity contribution is 0.0689. The van der Waals surface area contributed by atoms with Crippen LogP contribution >= 0.6 is 27.5 Å². The fourth-order valence-electron chi connectivity index (χ4n) is 0.618. The monoisotopic (exact) mass is 250 g/mol. The molecule has 0 saturated carbocycles. The van der Waals surface area contributed by atoms with Crippen LogP contribution in [-0.4, -0.2) is 21.0 Å². The lowest BCUT2D eigenvalue weighted by Crippen LogP contribution is -2.05. The van der Waals surface area contributed by atoms with Crippen molar-refractivity contribution < 1.29 is 9.90 Å². The fourth-order valence-corrected chi connectivity index (χ4v) is 1.11. The number of aromatic carboxylic acids is 1. The van der Waals surface area contributed by atoms with E-state index >= 15 is 0 Å². The number of aromatic nitrogens is 2. The summed E-state index contributed by atoms with van der Waals surface area (Å²) in [5.74, 6) is -0.694. The molecule has 12 heavy (non-hydrogen) atoms. The molecule has 0 bridgehead atoms. The van der Waals surface area contributed by atoms with Gasteiger partial charge in [-0.25, -0.2) is 14.8 Å². The maximum absolute atomic E-state index is 10.5. The van der Waals surface area contributed by atoms with Crippen molar-refractivity contribution in [3.05, 3.63) is 22.2 Å². The van der Waals surface area contributed by atoms with Gasteiger partial charge < -0.3 is 5.11 Å². The normalized spacial score (nSPS) is 9.83. The molecule has 64 valence electrons. The number of halogens is 2. The molecule has 0 aliphatic rings. The molecule has 1 rings (SSSR count). The average Bonchev–Trinajstić information content (AvgIpc) is 2.05. The molecule has 0 unspecified atom stereocenters. The fraction of sp³-hybridized carbons (Fsp3) is 0.167. The van der Waals surface area contributed by atoms with E-state index in [2.05, 4.69) is 25.9 Å². The van der Waals surface area contributed by atoms with Gasteiger partial charge in [0.15, 0.2) is 5.69 Å². The molecule has 6 heteroatoms. The Balaban J connectivity index is 3.17. The van der Waals surface area contributed by atoms with E-state index in [0.717, 1.165) is 0 Å². The highest BCUT2D eigenvalue weighted by atomic mass is 79.9. The molecule has 1 heterocycles. The second-order valence-corrected chi connectivity index (χ2v) is 3.04. The van der Waals surface area contributed by atoms with Gasteiger partial charge in [0.1, 0.15) is 5.82 Å². The topological polar surface area (TPSA) is 63.1 Å². The Morgan fingerprint density at radius 1 is 1.75 bits per heavy atom. The molecule has 4 nitrogen and oxygen atoms in total. The predicted octanol–water partition coefficient (Wildman–Crippen LogP) is 1.68. The summed E-state index contributed by atoms with van der Waals surface area (Å²) in [5, 5.41) is 8.62. The van der Waals surface area contributed by atoms with Crippen LogP contribution < -0.4 is 0 Å². The van der Waals surface area contributed by atoms with E-state index in [1.54, 1.807) is 0 Å². The Hall–Kier alpha value is -0.680. The summed E-state index contributed by atoms with van der Waals surface area (Å²) in [6.45, 7) is 0. The van der Waals surface area contributed by atoms with E-state index in [1.807, 2.05) is 0 Å². The first kappa shape index (κ1) is 9.41. The Morgan fingerprint density at radius 3 is 2.92 bits per heavy atom. The Labute approximate surface area is 81.7 Å². The lowest BCUT2D eigenvalue weighted by atomic mass is 10.4. The number of alkyl halides is 1. The van der Waals surface area contributed by atoms with Crippen molar-refractivity contribution in [3.63, 3.8) is 0 Å². The van der Waals surface area contributed by atoms with E-state index in [9.17, 15) is 4.79 Å². The van der Waals surface area contributed by atoms with Gasteiger partial charge >= 0.3 is 5.97 Å². The predicted molar refractivity (Wildman–Crippen MR) is 46.2 cm³/mol. The molecular formula is C6H4BrClN2O2. The number of hydrogen-bond donors (Lipinski definition) is 1. The number of hydrogen-bond acceptors (Lipinski definition) is 3. The summed E-state index contributed by atoms with van der Waals surface area (Å²) in [5.41, 5.74) is -0.0688. The zero-order valence-corrected chi connectivity index (χ0v) is 8.13. The standard InChI is InChI=1S/C6H4BrClN2O2/c7-3-2-9-4(1-8)10-5(3)6(11)12/h2H,1H2,(H,11,12). The van der Waals surface area contributed by atoms with E-state index in [1.165, 1.54) is 6.20 Å². The molecule has 0 radical (unpaired) electrons. The maximum Gasteiger partial charge on any atom is 0.355 e. The van der Waals surface area contributed by atoms with E-state index in [4.69, 9.17) is 16.7 Å². The molecular weight excluding hydrogens is 247 g/mol. The molecule has 0 saturated heterocycles. The maximum atomic E-state index is 10.5. The first-order chi connectivity index (χ1) is 5.65. The third kappa shape index (κ3) is 1.92. The minimum atomic E-state index is -1.10. The van der Waals surface area contributed by atoms with Crippen molar-refractivity contribution in [1.29, 1.82) is 0 Å². The zero-order valence-electron chi connectivity index (χ0n) is 5.79. The number of carbonyl (C=O) groups is 1. The second-order valence-electron chi connectivity index (χ2n) is 1.92. The Kier molecular flexibility index (Phi) is 2.99. The minimum absolute atomic E-state index is 0.0688. The van der Waals surface area contributed by atoms with Crippen LogP contribution in [-0.2, 0) is 5.88 Å². The summed E-state index contributed by atoms with van der Waals surface area (Å²) in [7, 11) is 0. The largest absolute Gasteiger partial charge is 0.476 e. The zero-order chi connectivity index (χ0) is 9.14.